The zero-order valence-corrected chi connectivity index (χ0v) is 11.0. The molecule has 4 heteroatoms. The number of para-hydroxylation sites is 1. The molecule has 1 atom stereocenters. The molecule has 3 aromatic rings. The van der Waals surface area contributed by atoms with E-state index in [-0.39, 0.29) is 0 Å². The molecule has 0 aliphatic rings. The highest BCUT2D eigenvalue weighted by Gasteiger charge is 2.14. The zero-order valence-electron chi connectivity index (χ0n) is 11.0. The van der Waals surface area contributed by atoms with E-state index in [0.717, 1.165) is 16.5 Å². The molecule has 2 heterocycles. The average Bonchev–Trinajstić information content (AvgIpc) is 2.53. The maximum Gasteiger partial charge on any atom is 0.137 e. The SMILES string of the molecule is COc1cncc(C(O)c2ccnc3ccccc23)c1. The third kappa shape index (κ3) is 2.21. The van der Waals surface area contributed by atoms with E-state index >= 15 is 0 Å². The highest BCUT2D eigenvalue weighted by molar-refractivity contribution is 5.82. The zero-order chi connectivity index (χ0) is 13.9. The van der Waals surface area contributed by atoms with Gasteiger partial charge in [-0.15, -0.1) is 0 Å². The summed E-state index contributed by atoms with van der Waals surface area (Å²) >= 11 is 0. The van der Waals surface area contributed by atoms with Gasteiger partial charge in [0.1, 0.15) is 11.9 Å². The molecule has 4 nitrogen and oxygen atoms in total. The highest BCUT2D eigenvalue weighted by atomic mass is 16.5. The molecular formula is C16H14N2O2. The van der Waals surface area contributed by atoms with Crippen molar-refractivity contribution in [1.82, 2.24) is 9.97 Å². The van der Waals surface area contributed by atoms with Crippen LogP contribution in [0.1, 0.15) is 17.2 Å². The fourth-order valence-electron chi connectivity index (χ4n) is 2.23. The first-order valence-electron chi connectivity index (χ1n) is 6.30. The van der Waals surface area contributed by atoms with Crippen molar-refractivity contribution in [2.45, 2.75) is 6.10 Å². The van der Waals surface area contributed by atoms with Gasteiger partial charge in [-0.3, -0.25) is 9.97 Å². The molecule has 0 bridgehead atoms. The summed E-state index contributed by atoms with van der Waals surface area (Å²) in [6, 6.07) is 11.4. The molecule has 1 N–H and O–H groups in total. The van der Waals surface area contributed by atoms with Gasteiger partial charge in [-0.05, 0) is 23.8 Å². The average molecular weight is 266 g/mol. The van der Waals surface area contributed by atoms with Gasteiger partial charge in [-0.1, -0.05) is 18.2 Å². The molecule has 3 rings (SSSR count). The van der Waals surface area contributed by atoms with Crippen LogP contribution in [0.2, 0.25) is 0 Å². The quantitative estimate of drug-likeness (QED) is 0.792. The Morgan fingerprint density at radius 1 is 1.15 bits per heavy atom. The number of rotatable bonds is 3. The Balaban J connectivity index is 2.10. The largest absolute Gasteiger partial charge is 0.495 e. The van der Waals surface area contributed by atoms with Crippen LogP contribution >= 0.6 is 0 Å². The van der Waals surface area contributed by atoms with Crippen molar-refractivity contribution in [1.29, 1.82) is 0 Å². The summed E-state index contributed by atoms with van der Waals surface area (Å²) in [5.41, 5.74) is 2.37. The van der Waals surface area contributed by atoms with Gasteiger partial charge in [-0.25, -0.2) is 0 Å². The van der Waals surface area contributed by atoms with E-state index in [0.29, 0.717) is 11.3 Å². The number of ether oxygens (including phenoxy) is 1. The Labute approximate surface area is 116 Å². The van der Waals surface area contributed by atoms with Gasteiger partial charge >= 0.3 is 0 Å². The number of fused-ring (bicyclic) bond motifs is 1. The third-order valence-corrected chi connectivity index (χ3v) is 3.26. The Bertz CT molecular complexity index is 738. The van der Waals surface area contributed by atoms with E-state index in [1.54, 1.807) is 31.8 Å². The van der Waals surface area contributed by atoms with E-state index < -0.39 is 6.10 Å². The molecule has 20 heavy (non-hydrogen) atoms. The van der Waals surface area contributed by atoms with Crippen LogP contribution in [0, 0.1) is 0 Å². The first-order chi connectivity index (χ1) is 9.79. The lowest BCUT2D eigenvalue weighted by atomic mass is 9.99. The molecule has 0 radical (unpaired) electrons. The monoisotopic (exact) mass is 266 g/mol. The van der Waals surface area contributed by atoms with Crippen molar-refractivity contribution < 1.29 is 9.84 Å². The van der Waals surface area contributed by atoms with Gasteiger partial charge in [0.15, 0.2) is 0 Å². The van der Waals surface area contributed by atoms with Crippen molar-refractivity contribution >= 4 is 10.9 Å². The second kappa shape index (κ2) is 5.27. The normalized spacial score (nSPS) is 12.3. The van der Waals surface area contributed by atoms with E-state index in [9.17, 15) is 5.11 Å². The van der Waals surface area contributed by atoms with Gasteiger partial charge in [0, 0.05) is 23.3 Å². The van der Waals surface area contributed by atoms with Crippen molar-refractivity contribution in [2.75, 3.05) is 7.11 Å². The summed E-state index contributed by atoms with van der Waals surface area (Å²) in [5, 5.41) is 11.5. The number of hydrogen-bond acceptors (Lipinski definition) is 4. The Kier molecular flexibility index (Phi) is 3.31. The summed E-state index contributed by atoms with van der Waals surface area (Å²) in [7, 11) is 1.58. The molecule has 0 spiro atoms. The first kappa shape index (κ1) is 12.6. The van der Waals surface area contributed by atoms with E-state index in [2.05, 4.69) is 9.97 Å². The molecule has 0 fully saturated rings. The second-order valence-corrected chi connectivity index (χ2v) is 4.48. The molecule has 0 aliphatic carbocycles. The molecule has 1 unspecified atom stereocenters. The lowest BCUT2D eigenvalue weighted by Crippen LogP contribution is -2.02. The third-order valence-electron chi connectivity index (χ3n) is 3.26. The number of methoxy groups -OCH3 is 1. The Hall–Kier alpha value is -2.46. The van der Waals surface area contributed by atoms with Crippen molar-refractivity contribution in [3.05, 3.63) is 66.1 Å². The number of aliphatic hydroxyl groups excluding tert-OH is 1. The highest BCUT2D eigenvalue weighted by Crippen LogP contribution is 2.28. The summed E-state index contributed by atoms with van der Waals surface area (Å²) < 4.78 is 5.14. The van der Waals surface area contributed by atoms with Gasteiger partial charge in [0.25, 0.3) is 0 Å². The lowest BCUT2D eigenvalue weighted by molar-refractivity contribution is 0.220. The number of aliphatic hydroxyl groups is 1. The standard InChI is InChI=1S/C16H14N2O2/c1-20-12-8-11(9-17-10-12)16(19)14-6-7-18-15-5-3-2-4-13(14)15/h2-10,16,19H,1H3. The maximum absolute atomic E-state index is 10.6. The summed E-state index contributed by atoms with van der Waals surface area (Å²) in [6.45, 7) is 0. The van der Waals surface area contributed by atoms with Crippen LogP contribution in [-0.2, 0) is 0 Å². The van der Waals surface area contributed by atoms with Gasteiger partial charge in [0.05, 0.1) is 18.8 Å². The minimum atomic E-state index is -0.759. The predicted octanol–water partition coefficient (Wildman–Crippen LogP) is 2.72. The van der Waals surface area contributed by atoms with Gasteiger partial charge in [-0.2, -0.15) is 0 Å². The number of hydrogen-bond donors (Lipinski definition) is 1. The molecule has 0 amide bonds. The molecule has 100 valence electrons. The molecular weight excluding hydrogens is 252 g/mol. The molecule has 0 saturated heterocycles. The van der Waals surface area contributed by atoms with Crippen LogP contribution in [0.5, 0.6) is 5.75 Å². The van der Waals surface area contributed by atoms with Crippen molar-refractivity contribution in [3.8, 4) is 5.75 Å². The fraction of sp³-hybridized carbons (Fsp3) is 0.125. The van der Waals surface area contributed by atoms with Crippen molar-refractivity contribution in [3.63, 3.8) is 0 Å². The minimum absolute atomic E-state index is 0.625. The Morgan fingerprint density at radius 3 is 2.85 bits per heavy atom. The maximum atomic E-state index is 10.6. The van der Waals surface area contributed by atoms with Gasteiger partial charge < -0.3 is 9.84 Å². The fourth-order valence-corrected chi connectivity index (χ4v) is 2.23. The topological polar surface area (TPSA) is 55.2 Å². The van der Waals surface area contributed by atoms with Crippen LogP contribution in [0.3, 0.4) is 0 Å². The molecule has 1 aromatic carbocycles. The number of benzene rings is 1. The summed E-state index contributed by atoms with van der Waals surface area (Å²) in [5.74, 6) is 0.625. The predicted molar refractivity (Wildman–Crippen MR) is 76.6 cm³/mol. The molecule has 2 aromatic heterocycles. The van der Waals surface area contributed by atoms with Crippen LogP contribution in [0.4, 0.5) is 0 Å². The van der Waals surface area contributed by atoms with Crippen molar-refractivity contribution in [2.24, 2.45) is 0 Å². The second-order valence-electron chi connectivity index (χ2n) is 4.48. The number of pyridine rings is 2. The van der Waals surface area contributed by atoms with E-state index in [4.69, 9.17) is 4.74 Å². The number of aromatic nitrogens is 2. The van der Waals surface area contributed by atoms with E-state index in [1.165, 1.54) is 0 Å². The number of nitrogens with zero attached hydrogens (tertiary/aromatic N) is 2. The summed E-state index contributed by atoms with van der Waals surface area (Å²) in [4.78, 5) is 8.38. The summed E-state index contributed by atoms with van der Waals surface area (Å²) in [6.07, 6.45) is 4.20. The smallest absolute Gasteiger partial charge is 0.137 e. The Morgan fingerprint density at radius 2 is 2.00 bits per heavy atom. The van der Waals surface area contributed by atoms with Crippen LogP contribution in [0.15, 0.2) is 55.0 Å². The van der Waals surface area contributed by atoms with Crippen LogP contribution < -0.4 is 4.74 Å². The molecule has 0 saturated carbocycles. The van der Waals surface area contributed by atoms with E-state index in [1.807, 2.05) is 30.3 Å². The minimum Gasteiger partial charge on any atom is -0.495 e. The van der Waals surface area contributed by atoms with Crippen LogP contribution in [0.25, 0.3) is 10.9 Å². The van der Waals surface area contributed by atoms with Gasteiger partial charge in [0.2, 0.25) is 0 Å². The first-order valence-corrected chi connectivity index (χ1v) is 6.30. The lowest BCUT2D eigenvalue weighted by Gasteiger charge is -2.14. The van der Waals surface area contributed by atoms with Crippen LogP contribution in [-0.4, -0.2) is 22.2 Å². The molecule has 0 aliphatic heterocycles.